The molecule has 0 heterocycles. The van der Waals surface area contributed by atoms with E-state index in [1.807, 2.05) is 26.0 Å². The first-order chi connectivity index (χ1) is 12.1. The Morgan fingerprint density at radius 2 is 1.65 bits per heavy atom. The molecule has 0 aliphatic heterocycles. The molecule has 2 N–H and O–H groups in total. The highest BCUT2D eigenvalue weighted by atomic mass is 16.6. The van der Waals surface area contributed by atoms with Gasteiger partial charge in [-0.15, -0.1) is 0 Å². The van der Waals surface area contributed by atoms with Crippen molar-refractivity contribution in [1.29, 1.82) is 0 Å². The number of ether oxygens (including phenoxy) is 1. The second kappa shape index (κ2) is 8.04. The Balaban J connectivity index is 1.93. The quantitative estimate of drug-likeness (QED) is 0.844. The van der Waals surface area contributed by atoms with Crippen molar-refractivity contribution in [3.63, 3.8) is 0 Å². The van der Waals surface area contributed by atoms with Gasteiger partial charge in [0, 0.05) is 17.8 Å². The van der Waals surface area contributed by atoms with E-state index in [9.17, 15) is 9.59 Å². The lowest BCUT2D eigenvalue weighted by Gasteiger charge is -2.19. The van der Waals surface area contributed by atoms with Crippen LogP contribution in [0.3, 0.4) is 0 Å². The van der Waals surface area contributed by atoms with Gasteiger partial charge in [0.15, 0.2) is 0 Å². The average molecular weight is 354 g/mol. The summed E-state index contributed by atoms with van der Waals surface area (Å²) in [6.45, 7) is 9.96. The van der Waals surface area contributed by atoms with Gasteiger partial charge >= 0.3 is 6.09 Å². The summed E-state index contributed by atoms with van der Waals surface area (Å²) < 4.78 is 5.20. The fraction of sp³-hybridized carbons (Fsp3) is 0.333. The third-order valence-corrected chi connectivity index (χ3v) is 3.73. The van der Waals surface area contributed by atoms with Gasteiger partial charge in [0.05, 0.1) is 0 Å². The van der Waals surface area contributed by atoms with Gasteiger partial charge in [-0.05, 0) is 70.0 Å². The monoisotopic (exact) mass is 354 g/mol. The van der Waals surface area contributed by atoms with Crippen LogP contribution < -0.4 is 10.6 Å². The number of benzene rings is 2. The Hall–Kier alpha value is -2.82. The average Bonchev–Trinajstić information content (AvgIpc) is 2.52. The van der Waals surface area contributed by atoms with Crippen LogP contribution in [0.2, 0.25) is 0 Å². The van der Waals surface area contributed by atoms with Crippen LogP contribution in [0.1, 0.15) is 47.8 Å². The lowest BCUT2D eigenvalue weighted by Crippen LogP contribution is -2.27. The standard InChI is InChI=1S/C21H26N2O3/c1-14-6-7-17(15(2)12-14)13-22-19(24)16-8-10-18(11-9-16)23-20(25)26-21(3,4)5/h6-12H,13H2,1-5H3,(H,22,24)(H,23,25). The Kier molecular flexibility index (Phi) is 6.03. The molecule has 0 saturated carbocycles. The van der Waals surface area contributed by atoms with Gasteiger partial charge in [-0.2, -0.15) is 0 Å². The second-order valence-corrected chi connectivity index (χ2v) is 7.32. The van der Waals surface area contributed by atoms with Crippen LogP contribution in [0.25, 0.3) is 0 Å². The van der Waals surface area contributed by atoms with E-state index in [0.29, 0.717) is 17.8 Å². The molecule has 2 amide bonds. The summed E-state index contributed by atoms with van der Waals surface area (Å²) in [5.74, 6) is -0.159. The molecule has 138 valence electrons. The zero-order chi connectivity index (χ0) is 19.3. The Morgan fingerprint density at radius 1 is 1.00 bits per heavy atom. The zero-order valence-corrected chi connectivity index (χ0v) is 16.0. The number of aryl methyl sites for hydroxylation is 2. The van der Waals surface area contributed by atoms with Crippen molar-refractivity contribution >= 4 is 17.7 Å². The van der Waals surface area contributed by atoms with E-state index in [0.717, 1.165) is 11.1 Å². The van der Waals surface area contributed by atoms with E-state index < -0.39 is 11.7 Å². The lowest BCUT2D eigenvalue weighted by molar-refractivity contribution is 0.0635. The van der Waals surface area contributed by atoms with Gasteiger partial charge < -0.3 is 10.1 Å². The van der Waals surface area contributed by atoms with Crippen molar-refractivity contribution in [2.75, 3.05) is 5.32 Å². The largest absolute Gasteiger partial charge is 0.444 e. The van der Waals surface area contributed by atoms with E-state index >= 15 is 0 Å². The molecule has 0 fully saturated rings. The number of nitrogens with one attached hydrogen (secondary N) is 2. The van der Waals surface area contributed by atoms with Crippen LogP contribution in [-0.2, 0) is 11.3 Å². The molecule has 0 aromatic heterocycles. The summed E-state index contributed by atoms with van der Waals surface area (Å²) in [5.41, 5.74) is 3.99. The molecule has 2 rings (SSSR count). The van der Waals surface area contributed by atoms with Crippen molar-refractivity contribution in [3.8, 4) is 0 Å². The van der Waals surface area contributed by atoms with Crippen LogP contribution >= 0.6 is 0 Å². The molecule has 0 saturated heterocycles. The number of rotatable bonds is 4. The van der Waals surface area contributed by atoms with Gasteiger partial charge in [0.25, 0.3) is 5.91 Å². The highest BCUT2D eigenvalue weighted by Crippen LogP contribution is 2.14. The van der Waals surface area contributed by atoms with Crippen LogP contribution in [0.4, 0.5) is 10.5 Å². The van der Waals surface area contributed by atoms with Gasteiger partial charge in [-0.1, -0.05) is 23.8 Å². The third-order valence-electron chi connectivity index (χ3n) is 3.73. The molecule has 0 unspecified atom stereocenters. The minimum Gasteiger partial charge on any atom is -0.444 e. The summed E-state index contributed by atoms with van der Waals surface area (Å²) in [5, 5.41) is 5.56. The summed E-state index contributed by atoms with van der Waals surface area (Å²) >= 11 is 0. The van der Waals surface area contributed by atoms with E-state index in [1.165, 1.54) is 5.56 Å². The molecule has 26 heavy (non-hydrogen) atoms. The molecule has 2 aromatic rings. The molecular weight excluding hydrogens is 328 g/mol. The zero-order valence-electron chi connectivity index (χ0n) is 16.0. The van der Waals surface area contributed by atoms with E-state index in [2.05, 4.69) is 16.7 Å². The minimum absolute atomic E-state index is 0.159. The van der Waals surface area contributed by atoms with Crippen LogP contribution in [0.15, 0.2) is 42.5 Å². The molecule has 0 radical (unpaired) electrons. The van der Waals surface area contributed by atoms with Crippen molar-refractivity contribution < 1.29 is 14.3 Å². The fourth-order valence-electron chi connectivity index (χ4n) is 2.45. The lowest BCUT2D eigenvalue weighted by atomic mass is 10.1. The summed E-state index contributed by atoms with van der Waals surface area (Å²) in [6.07, 6.45) is -0.524. The third kappa shape index (κ3) is 5.92. The number of hydrogen-bond acceptors (Lipinski definition) is 3. The van der Waals surface area contributed by atoms with Gasteiger partial charge in [0.1, 0.15) is 5.60 Å². The van der Waals surface area contributed by atoms with Crippen molar-refractivity contribution in [2.24, 2.45) is 0 Å². The summed E-state index contributed by atoms with van der Waals surface area (Å²) in [7, 11) is 0. The normalized spacial score (nSPS) is 11.0. The number of anilines is 1. The molecule has 0 aliphatic carbocycles. The Morgan fingerprint density at radius 3 is 2.23 bits per heavy atom. The van der Waals surface area contributed by atoms with E-state index in [1.54, 1.807) is 45.0 Å². The van der Waals surface area contributed by atoms with Gasteiger partial charge in [0.2, 0.25) is 0 Å². The van der Waals surface area contributed by atoms with Crippen LogP contribution in [0, 0.1) is 13.8 Å². The number of hydrogen-bond donors (Lipinski definition) is 2. The Labute approximate surface area is 154 Å². The smallest absolute Gasteiger partial charge is 0.412 e. The summed E-state index contributed by atoms with van der Waals surface area (Å²) in [4.78, 5) is 24.0. The maximum absolute atomic E-state index is 12.3. The molecule has 0 atom stereocenters. The van der Waals surface area contributed by atoms with Gasteiger partial charge in [-0.3, -0.25) is 10.1 Å². The molecule has 0 bridgehead atoms. The predicted molar refractivity (Wildman–Crippen MR) is 103 cm³/mol. The van der Waals surface area contributed by atoms with E-state index in [4.69, 9.17) is 4.74 Å². The van der Waals surface area contributed by atoms with Crippen LogP contribution in [-0.4, -0.2) is 17.6 Å². The first-order valence-electron chi connectivity index (χ1n) is 8.58. The first kappa shape index (κ1) is 19.5. The Bertz CT molecular complexity index is 790. The van der Waals surface area contributed by atoms with Crippen molar-refractivity contribution in [1.82, 2.24) is 5.32 Å². The number of carbonyl (C=O) groups excluding carboxylic acids is 2. The summed E-state index contributed by atoms with van der Waals surface area (Å²) in [6, 6.07) is 12.9. The number of amides is 2. The molecule has 0 aliphatic rings. The molecule has 2 aromatic carbocycles. The van der Waals surface area contributed by atoms with Crippen molar-refractivity contribution in [3.05, 3.63) is 64.7 Å². The fourth-order valence-corrected chi connectivity index (χ4v) is 2.45. The maximum Gasteiger partial charge on any atom is 0.412 e. The van der Waals surface area contributed by atoms with Crippen LogP contribution in [0.5, 0.6) is 0 Å². The van der Waals surface area contributed by atoms with Crippen molar-refractivity contribution in [2.45, 2.75) is 46.8 Å². The molecule has 5 nitrogen and oxygen atoms in total. The molecular formula is C21H26N2O3. The topological polar surface area (TPSA) is 67.4 Å². The van der Waals surface area contributed by atoms with Gasteiger partial charge in [-0.25, -0.2) is 4.79 Å². The molecule has 0 spiro atoms. The minimum atomic E-state index is -0.558. The highest BCUT2D eigenvalue weighted by Gasteiger charge is 2.16. The van der Waals surface area contributed by atoms with E-state index in [-0.39, 0.29) is 5.91 Å². The first-order valence-corrected chi connectivity index (χ1v) is 8.58. The maximum atomic E-state index is 12.3. The second-order valence-electron chi connectivity index (χ2n) is 7.32. The number of carbonyl (C=O) groups is 2. The predicted octanol–water partition coefficient (Wildman–Crippen LogP) is 4.58. The highest BCUT2D eigenvalue weighted by molar-refractivity contribution is 5.95. The SMILES string of the molecule is Cc1ccc(CNC(=O)c2ccc(NC(=O)OC(C)(C)C)cc2)c(C)c1. The molecule has 5 heteroatoms.